The maximum Gasteiger partial charge on any atom is 0.325 e. The Hall–Kier alpha value is -3.37. The molecule has 0 saturated carbocycles. The number of carbonyl (C=O) groups is 2. The SMILES string of the molecule is COC(=O)Cn1c(=NC(=O)c2cc3cc([N+](=O)[O-])ccc3s2)sc2cccc(C)c21. The van der Waals surface area contributed by atoms with Crippen molar-refractivity contribution in [2.75, 3.05) is 7.11 Å². The zero-order valence-electron chi connectivity index (χ0n) is 15.9. The van der Waals surface area contributed by atoms with Crippen molar-refractivity contribution in [1.29, 1.82) is 0 Å². The molecule has 0 radical (unpaired) electrons. The Morgan fingerprint density at radius 3 is 2.70 bits per heavy atom. The lowest BCUT2D eigenvalue weighted by molar-refractivity contribution is -0.384. The molecular weight excluding hydrogens is 426 g/mol. The number of non-ortho nitro benzene ring substituents is 1. The molecule has 2 aromatic heterocycles. The summed E-state index contributed by atoms with van der Waals surface area (Å²) >= 11 is 2.53. The topological polar surface area (TPSA) is 104 Å². The van der Waals surface area contributed by atoms with Gasteiger partial charge in [-0.15, -0.1) is 11.3 Å². The Kier molecular flexibility index (Phi) is 5.18. The fourth-order valence-electron chi connectivity index (χ4n) is 3.12. The number of hydrogen-bond donors (Lipinski definition) is 0. The normalized spacial score (nSPS) is 11.9. The van der Waals surface area contributed by atoms with Crippen LogP contribution in [0.5, 0.6) is 0 Å². The summed E-state index contributed by atoms with van der Waals surface area (Å²) in [7, 11) is 1.31. The number of aromatic nitrogens is 1. The lowest BCUT2D eigenvalue weighted by Crippen LogP contribution is -2.22. The summed E-state index contributed by atoms with van der Waals surface area (Å²) in [4.78, 5) is 40.3. The molecule has 152 valence electrons. The van der Waals surface area contributed by atoms with Crippen LogP contribution >= 0.6 is 22.7 Å². The zero-order chi connectivity index (χ0) is 21.4. The summed E-state index contributed by atoms with van der Waals surface area (Å²) in [5.74, 6) is -0.914. The van der Waals surface area contributed by atoms with Crippen LogP contribution in [-0.2, 0) is 16.1 Å². The quantitative estimate of drug-likeness (QED) is 0.270. The number of nitrogens with zero attached hydrogens (tertiary/aromatic N) is 3. The summed E-state index contributed by atoms with van der Waals surface area (Å²) in [6.45, 7) is 1.86. The minimum Gasteiger partial charge on any atom is -0.468 e. The first-order valence-electron chi connectivity index (χ1n) is 8.80. The van der Waals surface area contributed by atoms with Crippen LogP contribution in [0.25, 0.3) is 20.3 Å². The highest BCUT2D eigenvalue weighted by molar-refractivity contribution is 7.21. The molecule has 4 rings (SSSR count). The van der Waals surface area contributed by atoms with Gasteiger partial charge in [-0.05, 0) is 30.7 Å². The Morgan fingerprint density at radius 2 is 1.97 bits per heavy atom. The van der Waals surface area contributed by atoms with Crippen LogP contribution in [0.4, 0.5) is 5.69 Å². The van der Waals surface area contributed by atoms with Gasteiger partial charge in [0.1, 0.15) is 6.54 Å². The number of thiazole rings is 1. The van der Waals surface area contributed by atoms with Crippen molar-refractivity contribution in [3.63, 3.8) is 0 Å². The molecule has 0 aliphatic rings. The van der Waals surface area contributed by atoms with E-state index in [4.69, 9.17) is 4.74 Å². The van der Waals surface area contributed by atoms with Gasteiger partial charge in [0.05, 0.1) is 27.1 Å². The molecule has 0 aliphatic heterocycles. The van der Waals surface area contributed by atoms with Crippen molar-refractivity contribution in [2.24, 2.45) is 4.99 Å². The average Bonchev–Trinajstić information content (AvgIpc) is 3.29. The highest BCUT2D eigenvalue weighted by atomic mass is 32.1. The highest BCUT2D eigenvalue weighted by Crippen LogP contribution is 2.29. The number of aryl methyl sites for hydroxylation is 1. The van der Waals surface area contributed by atoms with E-state index in [2.05, 4.69) is 4.99 Å². The third-order valence-corrected chi connectivity index (χ3v) is 6.68. The van der Waals surface area contributed by atoms with Gasteiger partial charge < -0.3 is 9.30 Å². The van der Waals surface area contributed by atoms with E-state index in [0.717, 1.165) is 20.5 Å². The first-order valence-corrected chi connectivity index (χ1v) is 10.4. The van der Waals surface area contributed by atoms with Crippen molar-refractivity contribution in [3.8, 4) is 0 Å². The van der Waals surface area contributed by atoms with Crippen molar-refractivity contribution in [2.45, 2.75) is 13.5 Å². The second-order valence-corrected chi connectivity index (χ2v) is 8.57. The number of nitro benzene ring substituents is 1. The molecule has 30 heavy (non-hydrogen) atoms. The van der Waals surface area contributed by atoms with Crippen molar-refractivity contribution in [1.82, 2.24) is 4.57 Å². The van der Waals surface area contributed by atoms with E-state index in [0.29, 0.717) is 15.1 Å². The zero-order valence-corrected chi connectivity index (χ0v) is 17.6. The molecule has 2 heterocycles. The number of para-hydroxylation sites is 1. The Bertz CT molecular complexity index is 1400. The number of amides is 1. The summed E-state index contributed by atoms with van der Waals surface area (Å²) in [5, 5.41) is 11.6. The van der Waals surface area contributed by atoms with Gasteiger partial charge in [-0.25, -0.2) is 0 Å². The van der Waals surface area contributed by atoms with Gasteiger partial charge in [-0.3, -0.25) is 19.7 Å². The number of esters is 1. The van der Waals surface area contributed by atoms with E-state index in [-0.39, 0.29) is 12.2 Å². The molecule has 0 atom stereocenters. The van der Waals surface area contributed by atoms with Gasteiger partial charge in [0.25, 0.3) is 11.6 Å². The Balaban J connectivity index is 1.82. The van der Waals surface area contributed by atoms with Gasteiger partial charge in [0, 0.05) is 22.2 Å². The molecule has 2 aromatic carbocycles. The second kappa shape index (κ2) is 7.81. The summed E-state index contributed by atoms with van der Waals surface area (Å²) in [6, 6.07) is 11.8. The smallest absolute Gasteiger partial charge is 0.325 e. The van der Waals surface area contributed by atoms with E-state index in [9.17, 15) is 19.7 Å². The van der Waals surface area contributed by atoms with Crippen LogP contribution in [0.1, 0.15) is 15.2 Å². The number of nitro groups is 1. The maximum atomic E-state index is 12.9. The number of thiophene rings is 1. The summed E-state index contributed by atoms with van der Waals surface area (Å²) in [6.07, 6.45) is 0. The monoisotopic (exact) mass is 441 g/mol. The number of fused-ring (bicyclic) bond motifs is 2. The van der Waals surface area contributed by atoms with Crippen LogP contribution in [0.3, 0.4) is 0 Å². The first-order chi connectivity index (χ1) is 14.4. The van der Waals surface area contributed by atoms with Gasteiger partial charge >= 0.3 is 5.97 Å². The Labute approximate surface area is 177 Å². The van der Waals surface area contributed by atoms with Crippen LogP contribution in [0, 0.1) is 17.0 Å². The molecule has 0 fully saturated rings. The van der Waals surface area contributed by atoms with Crippen molar-refractivity contribution >= 4 is 60.5 Å². The van der Waals surface area contributed by atoms with E-state index in [1.807, 2.05) is 25.1 Å². The summed E-state index contributed by atoms with van der Waals surface area (Å²) < 4.78 is 8.13. The molecule has 10 heteroatoms. The fraction of sp³-hybridized carbons (Fsp3) is 0.150. The molecule has 4 aromatic rings. The minimum absolute atomic E-state index is 0.0351. The van der Waals surface area contributed by atoms with Gasteiger partial charge in [0.2, 0.25) is 0 Å². The molecular formula is C20H15N3O5S2. The molecule has 8 nitrogen and oxygen atoms in total. The Morgan fingerprint density at radius 1 is 1.17 bits per heavy atom. The first kappa shape index (κ1) is 19.9. The van der Waals surface area contributed by atoms with Crippen LogP contribution in [0.2, 0.25) is 0 Å². The van der Waals surface area contributed by atoms with E-state index < -0.39 is 16.8 Å². The largest absolute Gasteiger partial charge is 0.468 e. The highest BCUT2D eigenvalue weighted by Gasteiger charge is 2.16. The van der Waals surface area contributed by atoms with Gasteiger partial charge in [-0.2, -0.15) is 4.99 Å². The second-order valence-electron chi connectivity index (χ2n) is 6.48. The molecule has 0 aliphatic carbocycles. The van der Waals surface area contributed by atoms with Crippen LogP contribution < -0.4 is 4.80 Å². The predicted octanol–water partition coefficient (Wildman–Crippen LogP) is 4.05. The van der Waals surface area contributed by atoms with Crippen LogP contribution in [-0.4, -0.2) is 28.5 Å². The molecule has 0 N–H and O–H groups in total. The molecule has 0 saturated heterocycles. The number of ether oxygens (including phenoxy) is 1. The average molecular weight is 441 g/mol. The van der Waals surface area contributed by atoms with Gasteiger partial charge in [-0.1, -0.05) is 23.5 Å². The minimum atomic E-state index is -0.474. The third-order valence-electron chi connectivity index (χ3n) is 4.54. The standard InChI is InChI=1S/C20H15N3O5S2/c1-11-4-3-5-15-18(11)22(10-17(24)28-2)20(30-15)21-19(25)16-9-12-8-13(23(26)27)6-7-14(12)29-16/h3-9H,10H2,1-2H3. The molecule has 1 amide bonds. The predicted molar refractivity (Wildman–Crippen MR) is 115 cm³/mol. The van der Waals surface area contributed by atoms with Crippen LogP contribution in [0.15, 0.2) is 47.5 Å². The lowest BCUT2D eigenvalue weighted by atomic mass is 10.2. The maximum absolute atomic E-state index is 12.9. The number of methoxy groups -OCH3 is 1. The lowest BCUT2D eigenvalue weighted by Gasteiger charge is -2.05. The number of carbonyl (C=O) groups excluding carboxylic acids is 2. The fourth-order valence-corrected chi connectivity index (χ4v) is 5.16. The van der Waals surface area contributed by atoms with Crippen molar-refractivity contribution in [3.05, 3.63) is 67.8 Å². The third kappa shape index (κ3) is 3.62. The molecule has 0 bridgehead atoms. The summed E-state index contributed by atoms with van der Waals surface area (Å²) in [5.41, 5.74) is 1.74. The molecule has 0 spiro atoms. The van der Waals surface area contributed by atoms with Crippen molar-refractivity contribution < 1.29 is 19.2 Å². The van der Waals surface area contributed by atoms with E-state index >= 15 is 0 Å². The van der Waals surface area contributed by atoms with E-state index in [1.165, 1.54) is 41.9 Å². The molecule has 0 unspecified atom stereocenters. The van der Waals surface area contributed by atoms with Gasteiger partial charge in [0.15, 0.2) is 4.80 Å². The number of benzene rings is 2. The number of hydrogen-bond acceptors (Lipinski definition) is 7. The number of rotatable bonds is 4. The van der Waals surface area contributed by atoms with E-state index in [1.54, 1.807) is 16.7 Å².